The second-order valence-electron chi connectivity index (χ2n) is 5.34. The summed E-state index contributed by atoms with van der Waals surface area (Å²) in [6.45, 7) is 4.83. The third kappa shape index (κ3) is 3.35. The normalized spacial score (nSPS) is 21.4. The second kappa shape index (κ2) is 6.43. The molecule has 1 aliphatic rings. The van der Waals surface area contributed by atoms with Crippen LogP contribution in [-0.4, -0.2) is 42.0 Å². The maximum absolute atomic E-state index is 12.6. The van der Waals surface area contributed by atoms with Crippen LogP contribution >= 0.6 is 11.6 Å². The van der Waals surface area contributed by atoms with Gasteiger partial charge < -0.3 is 9.64 Å². The number of nitrogens with zero attached hydrogens (tertiary/aromatic N) is 2. The Hall–Kier alpha value is -1.62. The number of carbonyl (C=O) groups excluding carboxylic acids is 2. The molecule has 1 amide bonds. The number of aromatic nitrogens is 1. The number of aryl methyl sites for hydroxylation is 1. The maximum atomic E-state index is 12.6. The summed E-state index contributed by atoms with van der Waals surface area (Å²) in [7, 11) is 1.37. The molecule has 6 heteroatoms. The Bertz CT molecular complexity index is 562. The Kier molecular flexibility index (Phi) is 4.83. The van der Waals surface area contributed by atoms with Gasteiger partial charge >= 0.3 is 5.97 Å². The molecule has 2 heterocycles. The quantitative estimate of drug-likeness (QED) is 0.634. The van der Waals surface area contributed by atoms with Crippen molar-refractivity contribution in [1.82, 2.24) is 9.88 Å². The van der Waals surface area contributed by atoms with Crippen molar-refractivity contribution in [1.29, 1.82) is 0 Å². The van der Waals surface area contributed by atoms with Crippen LogP contribution < -0.4 is 0 Å². The Morgan fingerprint density at radius 3 is 2.76 bits per heavy atom. The van der Waals surface area contributed by atoms with Crippen molar-refractivity contribution in [3.05, 3.63) is 28.5 Å². The fraction of sp³-hybridized carbons (Fsp3) is 0.533. The van der Waals surface area contributed by atoms with Crippen molar-refractivity contribution in [3.63, 3.8) is 0 Å². The lowest BCUT2D eigenvalue weighted by molar-refractivity contribution is -0.146. The number of amides is 1. The molecule has 0 N–H and O–H groups in total. The molecule has 0 aliphatic carbocycles. The summed E-state index contributed by atoms with van der Waals surface area (Å²) in [5, 5.41) is 0.314. The van der Waals surface area contributed by atoms with Gasteiger partial charge in [0.05, 0.1) is 13.0 Å². The minimum Gasteiger partial charge on any atom is -0.469 e. The average Bonchev–Trinajstić information content (AvgIpc) is 2.86. The van der Waals surface area contributed by atoms with Crippen LogP contribution in [0.5, 0.6) is 0 Å². The van der Waals surface area contributed by atoms with Crippen molar-refractivity contribution < 1.29 is 14.3 Å². The van der Waals surface area contributed by atoms with E-state index in [9.17, 15) is 9.59 Å². The first kappa shape index (κ1) is 15.8. The van der Waals surface area contributed by atoms with Crippen LogP contribution in [-0.2, 0) is 16.0 Å². The predicted octanol–water partition coefficient (Wildman–Crippen LogP) is 2.18. The molecule has 2 unspecified atom stereocenters. The lowest BCUT2D eigenvalue weighted by atomic mass is 9.99. The van der Waals surface area contributed by atoms with Gasteiger partial charge in [-0.15, -0.1) is 0 Å². The number of likely N-dealkylation sites (tertiary alicyclic amines) is 1. The number of esters is 1. The number of ether oxygens (including phenoxy) is 1. The van der Waals surface area contributed by atoms with Gasteiger partial charge in [0, 0.05) is 24.3 Å². The van der Waals surface area contributed by atoms with E-state index in [1.54, 1.807) is 17.0 Å². The molecule has 0 saturated carbocycles. The summed E-state index contributed by atoms with van der Waals surface area (Å²) in [6.07, 6.45) is 0.710. The molecule has 0 spiro atoms. The standard InChI is InChI=1S/C15H19ClN2O3/c1-4-11-5-10(6-13(16)17-11)14(19)18-7-9(2)12(8-18)15(20)21-3/h5-6,9,12H,4,7-8H2,1-3H3. The average molecular weight is 311 g/mol. The van der Waals surface area contributed by atoms with Crippen LogP contribution in [0, 0.1) is 11.8 Å². The van der Waals surface area contributed by atoms with E-state index >= 15 is 0 Å². The molecule has 1 aromatic heterocycles. The van der Waals surface area contributed by atoms with Gasteiger partial charge in [-0.1, -0.05) is 25.4 Å². The van der Waals surface area contributed by atoms with Gasteiger partial charge in [0.25, 0.3) is 5.91 Å². The van der Waals surface area contributed by atoms with Gasteiger partial charge in [-0.3, -0.25) is 9.59 Å². The van der Waals surface area contributed by atoms with Crippen molar-refractivity contribution in [2.24, 2.45) is 11.8 Å². The fourth-order valence-electron chi connectivity index (χ4n) is 2.63. The molecular formula is C15H19ClN2O3. The number of halogens is 1. The van der Waals surface area contributed by atoms with Crippen LogP contribution in [0.25, 0.3) is 0 Å². The van der Waals surface area contributed by atoms with E-state index in [1.807, 2.05) is 13.8 Å². The zero-order valence-electron chi connectivity index (χ0n) is 12.4. The lowest BCUT2D eigenvalue weighted by Crippen LogP contribution is -2.30. The Balaban J connectivity index is 2.18. The minimum atomic E-state index is -0.264. The highest BCUT2D eigenvalue weighted by atomic mass is 35.5. The summed E-state index contributed by atoms with van der Waals surface area (Å²) in [4.78, 5) is 30.1. The van der Waals surface area contributed by atoms with E-state index in [0.29, 0.717) is 30.2 Å². The van der Waals surface area contributed by atoms with Crippen LogP contribution in [0.15, 0.2) is 12.1 Å². The monoisotopic (exact) mass is 310 g/mol. The first-order valence-corrected chi connectivity index (χ1v) is 7.37. The summed E-state index contributed by atoms with van der Waals surface area (Å²) in [5.74, 6) is -0.557. The molecule has 0 radical (unpaired) electrons. The fourth-order valence-corrected chi connectivity index (χ4v) is 2.86. The molecular weight excluding hydrogens is 292 g/mol. The highest BCUT2D eigenvalue weighted by Crippen LogP contribution is 2.26. The molecule has 1 saturated heterocycles. The molecule has 0 bridgehead atoms. The summed E-state index contributed by atoms with van der Waals surface area (Å²) < 4.78 is 4.79. The van der Waals surface area contributed by atoms with Crippen molar-refractivity contribution in [2.45, 2.75) is 20.3 Å². The van der Waals surface area contributed by atoms with Crippen molar-refractivity contribution in [3.8, 4) is 0 Å². The smallest absolute Gasteiger partial charge is 0.310 e. The van der Waals surface area contributed by atoms with E-state index in [1.165, 1.54) is 7.11 Å². The van der Waals surface area contributed by atoms with Crippen LogP contribution in [0.2, 0.25) is 5.15 Å². The number of rotatable bonds is 3. The Labute approximate surface area is 129 Å². The summed E-state index contributed by atoms with van der Waals surface area (Å²) in [6, 6.07) is 3.32. The maximum Gasteiger partial charge on any atom is 0.310 e. The van der Waals surface area contributed by atoms with Gasteiger partial charge in [0.15, 0.2) is 0 Å². The minimum absolute atomic E-state index is 0.0874. The third-order valence-corrected chi connectivity index (χ3v) is 4.05. The van der Waals surface area contributed by atoms with Gasteiger partial charge in [-0.05, 0) is 24.5 Å². The molecule has 2 atom stereocenters. The van der Waals surface area contributed by atoms with Crippen molar-refractivity contribution in [2.75, 3.05) is 20.2 Å². The zero-order chi connectivity index (χ0) is 15.6. The molecule has 0 aromatic carbocycles. The molecule has 1 aliphatic heterocycles. The van der Waals surface area contributed by atoms with E-state index in [0.717, 1.165) is 5.69 Å². The van der Waals surface area contributed by atoms with Crippen molar-refractivity contribution >= 4 is 23.5 Å². The zero-order valence-corrected chi connectivity index (χ0v) is 13.2. The van der Waals surface area contributed by atoms with Crippen LogP contribution in [0.1, 0.15) is 29.9 Å². The third-order valence-electron chi connectivity index (χ3n) is 3.86. The molecule has 1 fully saturated rings. The van der Waals surface area contributed by atoms with Gasteiger partial charge in [0.2, 0.25) is 0 Å². The molecule has 1 aromatic rings. The SMILES string of the molecule is CCc1cc(C(=O)N2CC(C)C(C(=O)OC)C2)cc(Cl)n1. The van der Waals surface area contributed by atoms with Crippen LogP contribution in [0.3, 0.4) is 0 Å². The molecule has 5 nitrogen and oxygen atoms in total. The lowest BCUT2D eigenvalue weighted by Gasteiger charge is -2.16. The Morgan fingerprint density at radius 1 is 1.43 bits per heavy atom. The second-order valence-corrected chi connectivity index (χ2v) is 5.73. The summed E-state index contributed by atoms with van der Waals surface area (Å²) in [5.41, 5.74) is 1.30. The first-order valence-electron chi connectivity index (χ1n) is 6.99. The summed E-state index contributed by atoms with van der Waals surface area (Å²) >= 11 is 5.95. The number of hydrogen-bond donors (Lipinski definition) is 0. The van der Waals surface area contributed by atoms with Gasteiger partial charge in [-0.2, -0.15) is 0 Å². The molecule has 114 valence electrons. The van der Waals surface area contributed by atoms with E-state index in [4.69, 9.17) is 16.3 Å². The molecule has 21 heavy (non-hydrogen) atoms. The Morgan fingerprint density at radius 2 is 2.14 bits per heavy atom. The van der Waals surface area contributed by atoms with E-state index < -0.39 is 0 Å². The largest absolute Gasteiger partial charge is 0.469 e. The highest BCUT2D eigenvalue weighted by Gasteiger charge is 2.38. The van der Waals surface area contributed by atoms with E-state index in [-0.39, 0.29) is 23.7 Å². The van der Waals surface area contributed by atoms with Crippen LogP contribution in [0.4, 0.5) is 0 Å². The number of hydrogen-bond acceptors (Lipinski definition) is 4. The highest BCUT2D eigenvalue weighted by molar-refractivity contribution is 6.29. The first-order chi connectivity index (χ1) is 9.96. The topological polar surface area (TPSA) is 59.5 Å². The number of carbonyl (C=O) groups is 2. The number of methoxy groups -OCH3 is 1. The van der Waals surface area contributed by atoms with E-state index in [2.05, 4.69) is 4.98 Å². The predicted molar refractivity (Wildman–Crippen MR) is 79.2 cm³/mol. The van der Waals surface area contributed by atoms with Gasteiger partial charge in [-0.25, -0.2) is 4.98 Å². The van der Waals surface area contributed by atoms with Gasteiger partial charge in [0.1, 0.15) is 5.15 Å². The number of pyridine rings is 1. The molecule has 2 rings (SSSR count).